The van der Waals surface area contributed by atoms with Gasteiger partial charge in [0.05, 0.1) is 13.3 Å². The molecule has 0 aliphatic rings. The fourth-order valence-corrected chi connectivity index (χ4v) is 3.29. The molecule has 0 aliphatic carbocycles. The van der Waals surface area contributed by atoms with E-state index in [1.165, 1.54) is 0 Å². The first-order chi connectivity index (χ1) is 14.3. The van der Waals surface area contributed by atoms with Crippen LogP contribution in [0, 0.1) is 20.8 Å². The molecule has 1 amide bonds. The number of hydrogen-bond acceptors (Lipinski definition) is 4. The highest BCUT2D eigenvalue weighted by Crippen LogP contribution is 2.25. The first kappa shape index (κ1) is 21.4. The summed E-state index contributed by atoms with van der Waals surface area (Å²) < 4.78 is 13.3. The van der Waals surface area contributed by atoms with E-state index < -0.39 is 0 Å². The molecule has 3 aromatic rings. The Morgan fingerprint density at radius 2 is 1.83 bits per heavy atom. The number of carbonyl (C=O) groups excluding carboxylic acids is 1. The Balaban J connectivity index is 1.78. The van der Waals surface area contributed by atoms with Crippen molar-refractivity contribution in [3.05, 3.63) is 76.1 Å². The van der Waals surface area contributed by atoms with Crippen LogP contribution in [0.5, 0.6) is 11.5 Å². The van der Waals surface area contributed by atoms with Crippen LogP contribution < -0.4 is 9.47 Å². The van der Waals surface area contributed by atoms with E-state index in [-0.39, 0.29) is 5.91 Å². The number of aromatic nitrogens is 2. The quantitative estimate of drug-likeness (QED) is 0.589. The lowest BCUT2D eigenvalue weighted by Gasteiger charge is -2.18. The summed E-state index contributed by atoms with van der Waals surface area (Å²) in [6, 6.07) is 11.6. The van der Waals surface area contributed by atoms with Gasteiger partial charge in [-0.15, -0.1) is 0 Å². The highest BCUT2D eigenvalue weighted by Gasteiger charge is 2.17. The largest absolute Gasteiger partial charge is 0.496 e. The topological polar surface area (TPSA) is 56.6 Å². The van der Waals surface area contributed by atoms with Crippen molar-refractivity contribution in [1.82, 2.24) is 14.7 Å². The second kappa shape index (κ2) is 9.03. The number of nitrogens with zero attached hydrogens (tertiary/aromatic N) is 3. The Hall–Kier alpha value is -3.28. The van der Waals surface area contributed by atoms with Gasteiger partial charge in [0.2, 0.25) is 0 Å². The molecule has 2 aromatic carbocycles. The number of ether oxygens (including phenoxy) is 2. The standard InChI is InChI=1S/C24H29N3O3/c1-16-7-8-17(2)23(11-16)30-15-20-12-19(9-10-22(20)29-6)24(28)26(4)14-21-13-25-27(5)18(21)3/h7-13H,14-15H2,1-6H3. The zero-order chi connectivity index (χ0) is 21.8. The smallest absolute Gasteiger partial charge is 0.253 e. The highest BCUT2D eigenvalue weighted by molar-refractivity contribution is 5.94. The average molecular weight is 408 g/mol. The SMILES string of the molecule is COc1ccc(C(=O)N(C)Cc2cnn(C)c2C)cc1COc1cc(C)ccc1C. The van der Waals surface area contributed by atoms with Crippen LogP contribution >= 0.6 is 0 Å². The molecule has 0 N–H and O–H groups in total. The number of methoxy groups -OCH3 is 1. The van der Waals surface area contributed by atoms with Crippen molar-refractivity contribution in [1.29, 1.82) is 0 Å². The van der Waals surface area contributed by atoms with Gasteiger partial charge in [-0.3, -0.25) is 9.48 Å². The molecule has 0 aliphatic heterocycles. The maximum atomic E-state index is 13.0. The van der Waals surface area contributed by atoms with E-state index in [1.807, 2.05) is 56.8 Å². The Kier molecular flexibility index (Phi) is 6.45. The van der Waals surface area contributed by atoms with Gasteiger partial charge < -0.3 is 14.4 Å². The Bertz CT molecular complexity index is 1060. The zero-order valence-electron chi connectivity index (χ0n) is 18.5. The number of hydrogen-bond donors (Lipinski definition) is 0. The summed E-state index contributed by atoms with van der Waals surface area (Å²) in [5.74, 6) is 1.47. The molecule has 30 heavy (non-hydrogen) atoms. The van der Waals surface area contributed by atoms with Gasteiger partial charge in [-0.25, -0.2) is 0 Å². The fourth-order valence-electron chi connectivity index (χ4n) is 3.29. The van der Waals surface area contributed by atoms with Crippen LogP contribution in [-0.4, -0.2) is 34.7 Å². The minimum Gasteiger partial charge on any atom is -0.496 e. The summed E-state index contributed by atoms with van der Waals surface area (Å²) in [5.41, 5.74) is 5.71. The number of carbonyl (C=O) groups is 1. The van der Waals surface area contributed by atoms with Gasteiger partial charge in [0.1, 0.15) is 18.1 Å². The number of amides is 1. The van der Waals surface area contributed by atoms with Crippen LogP contribution in [0.1, 0.15) is 38.3 Å². The molecule has 0 unspecified atom stereocenters. The molecular formula is C24H29N3O3. The molecule has 6 nitrogen and oxygen atoms in total. The van der Waals surface area contributed by atoms with Crippen molar-refractivity contribution in [2.75, 3.05) is 14.2 Å². The molecule has 1 aromatic heterocycles. The van der Waals surface area contributed by atoms with Crippen LogP contribution in [0.15, 0.2) is 42.6 Å². The molecule has 3 rings (SSSR count). The third kappa shape index (κ3) is 4.64. The van der Waals surface area contributed by atoms with E-state index in [1.54, 1.807) is 31.3 Å². The van der Waals surface area contributed by atoms with Gasteiger partial charge in [-0.05, 0) is 56.2 Å². The molecule has 1 heterocycles. The molecule has 0 bridgehead atoms. The van der Waals surface area contributed by atoms with Gasteiger partial charge >= 0.3 is 0 Å². The molecule has 0 saturated heterocycles. The predicted molar refractivity (Wildman–Crippen MR) is 117 cm³/mol. The molecular weight excluding hydrogens is 378 g/mol. The number of aryl methyl sites for hydroxylation is 3. The van der Waals surface area contributed by atoms with E-state index in [2.05, 4.69) is 11.2 Å². The van der Waals surface area contributed by atoms with E-state index in [0.29, 0.717) is 24.5 Å². The minimum absolute atomic E-state index is 0.0612. The van der Waals surface area contributed by atoms with Crippen molar-refractivity contribution < 1.29 is 14.3 Å². The van der Waals surface area contributed by atoms with Crippen LogP contribution in [0.3, 0.4) is 0 Å². The Morgan fingerprint density at radius 3 is 2.50 bits per heavy atom. The zero-order valence-corrected chi connectivity index (χ0v) is 18.5. The van der Waals surface area contributed by atoms with E-state index in [9.17, 15) is 4.79 Å². The molecule has 158 valence electrons. The van der Waals surface area contributed by atoms with E-state index in [0.717, 1.165) is 33.7 Å². The van der Waals surface area contributed by atoms with Gasteiger partial charge in [0.25, 0.3) is 5.91 Å². The summed E-state index contributed by atoms with van der Waals surface area (Å²) in [4.78, 5) is 14.7. The summed E-state index contributed by atoms with van der Waals surface area (Å²) >= 11 is 0. The van der Waals surface area contributed by atoms with Gasteiger partial charge in [0, 0.05) is 43.0 Å². The molecule has 0 radical (unpaired) electrons. The third-order valence-corrected chi connectivity index (χ3v) is 5.35. The normalized spacial score (nSPS) is 10.7. The number of rotatable bonds is 7. The molecule has 0 spiro atoms. The Morgan fingerprint density at radius 1 is 1.07 bits per heavy atom. The number of benzene rings is 2. The van der Waals surface area contributed by atoms with E-state index in [4.69, 9.17) is 9.47 Å². The van der Waals surface area contributed by atoms with Crippen molar-refractivity contribution in [3.63, 3.8) is 0 Å². The van der Waals surface area contributed by atoms with Crippen LogP contribution in [0.2, 0.25) is 0 Å². The highest BCUT2D eigenvalue weighted by atomic mass is 16.5. The van der Waals surface area contributed by atoms with Crippen LogP contribution in [0.4, 0.5) is 0 Å². The molecule has 0 fully saturated rings. The van der Waals surface area contributed by atoms with Gasteiger partial charge in [-0.1, -0.05) is 12.1 Å². The first-order valence-corrected chi connectivity index (χ1v) is 9.90. The predicted octanol–water partition coefficient (Wildman–Crippen LogP) is 4.21. The fraction of sp³-hybridized carbons (Fsp3) is 0.333. The maximum Gasteiger partial charge on any atom is 0.253 e. The molecule has 0 saturated carbocycles. The monoisotopic (exact) mass is 407 g/mol. The van der Waals surface area contributed by atoms with Crippen LogP contribution in [-0.2, 0) is 20.2 Å². The van der Waals surface area contributed by atoms with Crippen molar-refractivity contribution in [2.24, 2.45) is 7.05 Å². The second-order valence-electron chi connectivity index (χ2n) is 7.62. The molecule has 0 atom stereocenters. The summed E-state index contributed by atoms with van der Waals surface area (Å²) in [6.07, 6.45) is 1.80. The lowest BCUT2D eigenvalue weighted by molar-refractivity contribution is 0.0784. The van der Waals surface area contributed by atoms with Crippen LogP contribution in [0.25, 0.3) is 0 Å². The van der Waals surface area contributed by atoms with E-state index >= 15 is 0 Å². The second-order valence-corrected chi connectivity index (χ2v) is 7.62. The first-order valence-electron chi connectivity index (χ1n) is 9.90. The van der Waals surface area contributed by atoms with Crippen molar-refractivity contribution >= 4 is 5.91 Å². The summed E-state index contributed by atoms with van der Waals surface area (Å²) in [5, 5.41) is 4.25. The van der Waals surface area contributed by atoms with Crippen molar-refractivity contribution in [2.45, 2.75) is 33.9 Å². The summed E-state index contributed by atoms with van der Waals surface area (Å²) in [6.45, 7) is 6.86. The van der Waals surface area contributed by atoms with Crippen molar-refractivity contribution in [3.8, 4) is 11.5 Å². The van der Waals surface area contributed by atoms with Gasteiger partial charge in [0.15, 0.2) is 0 Å². The maximum absolute atomic E-state index is 13.0. The molecule has 6 heteroatoms. The summed E-state index contributed by atoms with van der Waals surface area (Å²) in [7, 11) is 5.31. The minimum atomic E-state index is -0.0612. The van der Waals surface area contributed by atoms with Gasteiger partial charge in [-0.2, -0.15) is 5.10 Å². The average Bonchev–Trinajstić information content (AvgIpc) is 3.05. The third-order valence-electron chi connectivity index (χ3n) is 5.35. The lowest BCUT2D eigenvalue weighted by atomic mass is 10.1. The lowest BCUT2D eigenvalue weighted by Crippen LogP contribution is -2.26. The Labute approximate surface area is 178 Å².